The minimum atomic E-state index is -1.35. The van der Waals surface area contributed by atoms with Gasteiger partial charge in [0.15, 0.2) is 0 Å². The van der Waals surface area contributed by atoms with E-state index in [0.29, 0.717) is 10.2 Å². The highest BCUT2D eigenvalue weighted by molar-refractivity contribution is 9.10. The summed E-state index contributed by atoms with van der Waals surface area (Å²) in [5, 5.41) is 17.4. The van der Waals surface area contributed by atoms with Gasteiger partial charge in [0.1, 0.15) is 4.60 Å². The number of carboxylic acid groups (broad SMARTS) is 1. The Labute approximate surface area is 117 Å². The van der Waals surface area contributed by atoms with Crippen molar-refractivity contribution in [3.05, 3.63) is 46.2 Å². The number of rotatable bonds is 3. The van der Waals surface area contributed by atoms with Crippen LogP contribution in [0.25, 0.3) is 0 Å². The highest BCUT2D eigenvalue weighted by Crippen LogP contribution is 2.18. The van der Waals surface area contributed by atoms with Crippen molar-refractivity contribution in [1.29, 1.82) is 0 Å². The van der Waals surface area contributed by atoms with Gasteiger partial charge in [0.2, 0.25) is 0 Å². The summed E-state index contributed by atoms with van der Waals surface area (Å²) >= 11 is 3.16. The van der Waals surface area contributed by atoms with Crippen LogP contribution in [0.5, 0.6) is 0 Å². The van der Waals surface area contributed by atoms with E-state index < -0.39 is 11.9 Å². The number of carbonyl (C=O) groups excluding carboxylic acids is 2. The van der Waals surface area contributed by atoms with Crippen LogP contribution in [0.15, 0.2) is 35.1 Å². The lowest BCUT2D eigenvalue weighted by molar-refractivity contribution is -0.254. The molecular weight excluding hydrogens is 314 g/mol. The number of para-hydroxylation sites is 1. The largest absolute Gasteiger partial charge is 0.545 e. The summed E-state index contributed by atoms with van der Waals surface area (Å²) in [7, 11) is 1.68. The molecule has 6 nitrogen and oxygen atoms in total. The van der Waals surface area contributed by atoms with Gasteiger partial charge in [0.05, 0.1) is 17.2 Å². The van der Waals surface area contributed by atoms with E-state index in [1.807, 2.05) is 0 Å². The van der Waals surface area contributed by atoms with Crippen molar-refractivity contribution in [3.8, 4) is 0 Å². The first-order valence-corrected chi connectivity index (χ1v) is 6.09. The molecule has 0 aliphatic heterocycles. The normalized spacial score (nSPS) is 10.2. The van der Waals surface area contributed by atoms with Gasteiger partial charge >= 0.3 is 0 Å². The maximum absolute atomic E-state index is 12.0. The van der Waals surface area contributed by atoms with Crippen molar-refractivity contribution in [2.45, 2.75) is 0 Å². The third-order valence-electron chi connectivity index (χ3n) is 2.42. The first kappa shape index (κ1) is 13.3. The minimum absolute atomic E-state index is 0.0733. The highest BCUT2D eigenvalue weighted by Gasteiger charge is 2.15. The molecule has 1 amide bonds. The van der Waals surface area contributed by atoms with Crippen LogP contribution in [0.2, 0.25) is 0 Å². The van der Waals surface area contributed by atoms with Crippen molar-refractivity contribution in [2.24, 2.45) is 7.05 Å². The average Bonchev–Trinajstić information content (AvgIpc) is 2.69. The lowest BCUT2D eigenvalue weighted by Gasteiger charge is -2.10. The van der Waals surface area contributed by atoms with E-state index in [-0.39, 0.29) is 11.3 Å². The SMILES string of the molecule is Cn1cc(C(=O)Nc2ccccc2C(=O)[O-])c(Br)n1. The van der Waals surface area contributed by atoms with E-state index in [4.69, 9.17) is 0 Å². The number of carboxylic acids is 1. The Hall–Kier alpha value is -2.15. The minimum Gasteiger partial charge on any atom is -0.545 e. The first-order valence-electron chi connectivity index (χ1n) is 5.30. The zero-order valence-corrected chi connectivity index (χ0v) is 11.5. The summed E-state index contributed by atoms with van der Waals surface area (Å²) in [5.74, 6) is -1.80. The fourth-order valence-corrected chi connectivity index (χ4v) is 2.11. The number of aromatic nitrogens is 2. The van der Waals surface area contributed by atoms with Gasteiger partial charge in [-0.05, 0) is 22.0 Å². The van der Waals surface area contributed by atoms with Gasteiger partial charge in [-0.2, -0.15) is 5.10 Å². The predicted molar refractivity (Wildman–Crippen MR) is 69.6 cm³/mol. The standard InChI is InChI=1S/C12H10BrN3O3/c1-16-6-8(10(13)15-16)11(17)14-9-5-3-2-4-7(9)12(18)19/h2-6H,1H3,(H,14,17)(H,18,19)/p-1. The smallest absolute Gasteiger partial charge is 0.260 e. The molecular formula is C12H9BrN3O3-. The zero-order chi connectivity index (χ0) is 14.0. The number of hydrogen-bond donors (Lipinski definition) is 1. The molecule has 0 unspecified atom stereocenters. The number of amides is 1. The molecule has 0 atom stereocenters. The number of halogens is 1. The summed E-state index contributed by atoms with van der Waals surface area (Å²) in [6, 6.07) is 6.04. The number of hydrogen-bond acceptors (Lipinski definition) is 4. The van der Waals surface area contributed by atoms with Gasteiger partial charge in [-0.15, -0.1) is 0 Å². The van der Waals surface area contributed by atoms with Gasteiger partial charge in [-0.25, -0.2) is 0 Å². The Balaban J connectivity index is 2.29. The topological polar surface area (TPSA) is 87.0 Å². The number of carbonyl (C=O) groups is 2. The quantitative estimate of drug-likeness (QED) is 0.905. The third kappa shape index (κ3) is 2.82. The highest BCUT2D eigenvalue weighted by atomic mass is 79.9. The van der Waals surface area contributed by atoms with E-state index in [9.17, 15) is 14.7 Å². The first-order chi connectivity index (χ1) is 8.99. The maximum Gasteiger partial charge on any atom is 0.260 e. The average molecular weight is 323 g/mol. The van der Waals surface area contributed by atoms with Gasteiger partial charge in [0, 0.05) is 18.8 Å². The molecule has 0 radical (unpaired) electrons. The Kier molecular flexibility index (Phi) is 3.66. The fourth-order valence-electron chi connectivity index (χ4n) is 1.57. The summed E-state index contributed by atoms with van der Waals surface area (Å²) in [6.07, 6.45) is 1.53. The van der Waals surface area contributed by atoms with Crippen molar-refractivity contribution in [2.75, 3.05) is 5.32 Å². The van der Waals surface area contributed by atoms with Crippen LogP contribution in [0, 0.1) is 0 Å². The molecule has 1 aromatic carbocycles. The third-order valence-corrected chi connectivity index (χ3v) is 3.01. The molecule has 1 aromatic heterocycles. The number of nitrogens with one attached hydrogen (secondary N) is 1. The second kappa shape index (κ2) is 5.23. The van der Waals surface area contributed by atoms with Crippen LogP contribution in [0.1, 0.15) is 20.7 Å². The van der Waals surface area contributed by atoms with E-state index >= 15 is 0 Å². The van der Waals surface area contributed by atoms with Crippen LogP contribution < -0.4 is 10.4 Å². The molecule has 1 N–H and O–H groups in total. The van der Waals surface area contributed by atoms with Crippen molar-refractivity contribution in [3.63, 3.8) is 0 Å². The van der Waals surface area contributed by atoms with Gasteiger partial charge in [0.25, 0.3) is 5.91 Å². The summed E-state index contributed by atoms with van der Waals surface area (Å²) in [4.78, 5) is 22.9. The maximum atomic E-state index is 12.0. The Morgan fingerprint density at radius 3 is 2.58 bits per heavy atom. The van der Waals surface area contributed by atoms with Gasteiger partial charge < -0.3 is 15.2 Å². The fraction of sp³-hybridized carbons (Fsp3) is 0.0833. The number of aromatic carboxylic acids is 1. The predicted octanol–water partition coefficient (Wildman–Crippen LogP) is 0.798. The summed E-state index contributed by atoms with van der Waals surface area (Å²) < 4.78 is 1.86. The van der Waals surface area contributed by atoms with Crippen LogP contribution in [0.4, 0.5) is 5.69 Å². The number of anilines is 1. The molecule has 19 heavy (non-hydrogen) atoms. The second-order valence-corrected chi connectivity index (χ2v) is 4.55. The lowest BCUT2D eigenvalue weighted by Crippen LogP contribution is -2.24. The lowest BCUT2D eigenvalue weighted by atomic mass is 10.1. The van der Waals surface area contributed by atoms with E-state index in [0.717, 1.165) is 0 Å². The van der Waals surface area contributed by atoms with E-state index in [2.05, 4.69) is 26.3 Å². The molecule has 98 valence electrons. The molecule has 7 heteroatoms. The van der Waals surface area contributed by atoms with Gasteiger partial charge in [-0.1, -0.05) is 18.2 Å². The molecule has 0 aliphatic rings. The molecule has 1 heterocycles. The monoisotopic (exact) mass is 322 g/mol. The summed E-state index contributed by atoms with van der Waals surface area (Å²) in [6.45, 7) is 0. The molecule has 0 aliphatic carbocycles. The Morgan fingerprint density at radius 2 is 2.00 bits per heavy atom. The van der Waals surface area contributed by atoms with Crippen molar-refractivity contribution < 1.29 is 14.7 Å². The zero-order valence-electron chi connectivity index (χ0n) is 9.88. The molecule has 2 aromatic rings. The molecule has 0 spiro atoms. The van der Waals surface area contributed by atoms with E-state index in [1.54, 1.807) is 19.2 Å². The number of nitrogens with zero attached hydrogens (tertiary/aromatic N) is 2. The summed E-state index contributed by atoms with van der Waals surface area (Å²) in [5.41, 5.74) is 0.426. The molecule has 0 fully saturated rings. The molecule has 2 rings (SSSR count). The van der Waals surface area contributed by atoms with E-state index in [1.165, 1.54) is 23.0 Å². The molecule has 0 saturated heterocycles. The molecule has 0 bridgehead atoms. The number of aryl methyl sites for hydroxylation is 1. The van der Waals surface area contributed by atoms with Gasteiger partial charge in [-0.3, -0.25) is 9.48 Å². The Morgan fingerprint density at radius 1 is 1.32 bits per heavy atom. The molecule has 0 saturated carbocycles. The van der Waals surface area contributed by atoms with Crippen molar-refractivity contribution >= 4 is 33.5 Å². The number of benzene rings is 1. The van der Waals surface area contributed by atoms with Crippen molar-refractivity contribution in [1.82, 2.24) is 9.78 Å². The van der Waals surface area contributed by atoms with Crippen LogP contribution >= 0.6 is 15.9 Å². The van der Waals surface area contributed by atoms with Crippen LogP contribution in [-0.2, 0) is 7.05 Å². The van der Waals surface area contributed by atoms with Crippen LogP contribution in [-0.4, -0.2) is 21.7 Å². The van der Waals surface area contributed by atoms with Crippen LogP contribution in [0.3, 0.4) is 0 Å². The Bertz CT molecular complexity index is 651. The second-order valence-electron chi connectivity index (χ2n) is 3.79.